The first-order valence-electron chi connectivity index (χ1n) is 6.54. The molecule has 1 aliphatic rings. The van der Waals surface area contributed by atoms with Gasteiger partial charge < -0.3 is 20.5 Å². The topological polar surface area (TPSA) is 130 Å². The van der Waals surface area contributed by atoms with Gasteiger partial charge in [-0.3, -0.25) is 9.78 Å². The number of aliphatic hydroxyl groups is 2. The Kier molecular flexibility index (Phi) is 2.98. The number of nitrogens with one attached hydrogen (secondary N) is 1. The molecule has 1 aliphatic carbocycles. The van der Waals surface area contributed by atoms with E-state index in [1.807, 2.05) is 0 Å². The summed E-state index contributed by atoms with van der Waals surface area (Å²) in [5.74, 6) is 0.00684. The molecule has 2 aromatic rings. The second-order valence-corrected chi connectivity index (χ2v) is 5.34. The standard InChI is InChI=1S/C12H17N5O3/c1-5(19)8-6(3-18)2-7(8)17-4-14-9-10(17)15-12(13)16-11(9)20/h4-8,18-19H,2-3H2,1H3,(H3,13,15,16,20). The van der Waals surface area contributed by atoms with Crippen molar-refractivity contribution in [2.45, 2.75) is 25.5 Å². The molecule has 2 aromatic heterocycles. The number of hydrogen-bond acceptors (Lipinski definition) is 6. The fourth-order valence-electron chi connectivity index (χ4n) is 3.14. The maximum absolute atomic E-state index is 11.7. The largest absolute Gasteiger partial charge is 0.396 e. The van der Waals surface area contributed by atoms with Crippen molar-refractivity contribution in [2.24, 2.45) is 11.8 Å². The predicted octanol–water partition coefficient (Wildman–Crippen LogP) is -0.748. The number of aliphatic hydroxyl groups excluding tert-OH is 2. The van der Waals surface area contributed by atoms with E-state index in [0.29, 0.717) is 12.1 Å². The predicted molar refractivity (Wildman–Crippen MR) is 72.0 cm³/mol. The Morgan fingerprint density at radius 1 is 1.65 bits per heavy atom. The smallest absolute Gasteiger partial charge is 0.280 e. The lowest BCUT2D eigenvalue weighted by molar-refractivity contribution is -0.0464. The minimum absolute atomic E-state index is 0.0363. The van der Waals surface area contributed by atoms with Gasteiger partial charge in [-0.15, -0.1) is 0 Å². The summed E-state index contributed by atoms with van der Waals surface area (Å²) in [7, 11) is 0. The van der Waals surface area contributed by atoms with E-state index in [1.54, 1.807) is 17.8 Å². The molecular formula is C12H17N5O3. The SMILES string of the molecule is CC(O)C1C(CO)CC1n1cnc2c(=O)[nH]c(N)nc21. The Labute approximate surface area is 114 Å². The maximum atomic E-state index is 11.7. The molecule has 1 fully saturated rings. The van der Waals surface area contributed by atoms with Gasteiger partial charge in [0.25, 0.3) is 5.56 Å². The summed E-state index contributed by atoms with van der Waals surface area (Å²) in [5.41, 5.74) is 5.83. The van der Waals surface area contributed by atoms with Crippen LogP contribution < -0.4 is 11.3 Å². The van der Waals surface area contributed by atoms with Gasteiger partial charge in [0.2, 0.25) is 5.95 Å². The van der Waals surface area contributed by atoms with Crippen molar-refractivity contribution in [2.75, 3.05) is 12.3 Å². The molecule has 108 valence electrons. The first-order valence-corrected chi connectivity index (χ1v) is 6.54. The van der Waals surface area contributed by atoms with Crippen molar-refractivity contribution in [3.8, 4) is 0 Å². The lowest BCUT2D eigenvalue weighted by Gasteiger charge is -2.46. The molecular weight excluding hydrogens is 262 g/mol. The van der Waals surface area contributed by atoms with Gasteiger partial charge in [-0.25, -0.2) is 4.98 Å². The number of hydrogen-bond donors (Lipinski definition) is 4. The quantitative estimate of drug-likeness (QED) is 0.585. The molecule has 4 atom stereocenters. The van der Waals surface area contributed by atoms with Crippen LogP contribution in [0.3, 0.4) is 0 Å². The summed E-state index contributed by atoms with van der Waals surface area (Å²) in [6.45, 7) is 1.74. The molecule has 2 heterocycles. The summed E-state index contributed by atoms with van der Waals surface area (Å²) in [6.07, 6.45) is 1.70. The highest BCUT2D eigenvalue weighted by molar-refractivity contribution is 5.70. The fraction of sp³-hybridized carbons (Fsp3) is 0.583. The van der Waals surface area contributed by atoms with E-state index in [0.717, 1.165) is 0 Å². The number of nitrogens with zero attached hydrogens (tertiary/aromatic N) is 3. The van der Waals surface area contributed by atoms with Crippen LogP contribution in [0.2, 0.25) is 0 Å². The number of H-pyrrole nitrogens is 1. The highest BCUT2D eigenvalue weighted by atomic mass is 16.3. The van der Waals surface area contributed by atoms with Crippen LogP contribution >= 0.6 is 0 Å². The van der Waals surface area contributed by atoms with Crippen molar-refractivity contribution >= 4 is 17.1 Å². The molecule has 20 heavy (non-hydrogen) atoms. The van der Waals surface area contributed by atoms with Gasteiger partial charge in [0.15, 0.2) is 11.2 Å². The zero-order valence-electron chi connectivity index (χ0n) is 11.0. The second-order valence-electron chi connectivity index (χ2n) is 5.34. The van der Waals surface area contributed by atoms with Gasteiger partial charge in [0, 0.05) is 18.6 Å². The fourth-order valence-corrected chi connectivity index (χ4v) is 3.14. The van der Waals surface area contributed by atoms with Gasteiger partial charge in [0.1, 0.15) is 0 Å². The van der Waals surface area contributed by atoms with Gasteiger partial charge in [-0.1, -0.05) is 0 Å². The summed E-state index contributed by atoms with van der Waals surface area (Å²) >= 11 is 0. The van der Waals surface area contributed by atoms with E-state index in [1.165, 1.54) is 0 Å². The summed E-state index contributed by atoms with van der Waals surface area (Å²) < 4.78 is 1.77. The van der Waals surface area contributed by atoms with E-state index in [2.05, 4.69) is 15.0 Å². The van der Waals surface area contributed by atoms with Crippen LogP contribution in [0.15, 0.2) is 11.1 Å². The van der Waals surface area contributed by atoms with Crippen LogP contribution in [0.4, 0.5) is 5.95 Å². The molecule has 8 nitrogen and oxygen atoms in total. The minimum Gasteiger partial charge on any atom is -0.396 e. The number of nitrogens with two attached hydrogens (primary N) is 1. The number of imidazole rings is 1. The van der Waals surface area contributed by atoms with Gasteiger partial charge in [0.05, 0.1) is 12.4 Å². The van der Waals surface area contributed by atoms with E-state index < -0.39 is 6.10 Å². The first kappa shape index (κ1) is 13.1. The van der Waals surface area contributed by atoms with Crippen molar-refractivity contribution in [3.63, 3.8) is 0 Å². The van der Waals surface area contributed by atoms with Crippen molar-refractivity contribution in [1.82, 2.24) is 19.5 Å². The molecule has 5 N–H and O–H groups in total. The Morgan fingerprint density at radius 2 is 2.40 bits per heavy atom. The molecule has 8 heteroatoms. The Bertz CT molecular complexity index is 692. The molecule has 4 unspecified atom stereocenters. The molecule has 0 bridgehead atoms. The summed E-state index contributed by atoms with van der Waals surface area (Å²) in [6, 6.07) is -0.0363. The zero-order valence-corrected chi connectivity index (χ0v) is 11.0. The third kappa shape index (κ3) is 1.80. The lowest BCUT2D eigenvalue weighted by Crippen LogP contribution is -2.46. The van der Waals surface area contributed by atoms with Crippen LogP contribution in [0.5, 0.6) is 0 Å². The van der Waals surface area contributed by atoms with Gasteiger partial charge in [-0.05, 0) is 19.3 Å². The summed E-state index contributed by atoms with van der Waals surface area (Å²) in [4.78, 5) is 22.3. The maximum Gasteiger partial charge on any atom is 0.280 e. The van der Waals surface area contributed by atoms with Crippen LogP contribution in [-0.2, 0) is 0 Å². The average molecular weight is 279 g/mol. The van der Waals surface area contributed by atoms with E-state index >= 15 is 0 Å². The monoisotopic (exact) mass is 279 g/mol. The third-order valence-corrected chi connectivity index (χ3v) is 4.13. The van der Waals surface area contributed by atoms with Crippen molar-refractivity contribution < 1.29 is 10.2 Å². The molecule has 0 radical (unpaired) electrons. The van der Waals surface area contributed by atoms with Crippen LogP contribution in [0, 0.1) is 11.8 Å². The molecule has 0 spiro atoms. The van der Waals surface area contributed by atoms with E-state index in [-0.39, 0.29) is 41.5 Å². The highest BCUT2D eigenvalue weighted by Gasteiger charge is 2.45. The van der Waals surface area contributed by atoms with Crippen molar-refractivity contribution in [1.29, 1.82) is 0 Å². The lowest BCUT2D eigenvalue weighted by atomic mass is 9.67. The number of aromatic amines is 1. The minimum atomic E-state index is -0.553. The normalized spacial score (nSPS) is 27.4. The first-order chi connectivity index (χ1) is 9.52. The zero-order chi connectivity index (χ0) is 14.4. The highest BCUT2D eigenvalue weighted by Crippen LogP contribution is 2.46. The molecule has 0 aliphatic heterocycles. The number of nitrogen functional groups attached to an aromatic ring is 1. The Morgan fingerprint density at radius 3 is 3.05 bits per heavy atom. The van der Waals surface area contributed by atoms with Gasteiger partial charge in [-0.2, -0.15) is 4.98 Å². The Hall–Kier alpha value is -1.93. The number of fused-ring (bicyclic) bond motifs is 1. The van der Waals surface area contributed by atoms with Crippen molar-refractivity contribution in [3.05, 3.63) is 16.7 Å². The molecule has 0 saturated heterocycles. The van der Waals surface area contributed by atoms with E-state index in [4.69, 9.17) is 5.73 Å². The molecule has 1 saturated carbocycles. The Balaban J connectivity index is 2.05. The number of anilines is 1. The summed E-state index contributed by atoms with van der Waals surface area (Å²) in [5, 5.41) is 19.2. The van der Waals surface area contributed by atoms with Crippen LogP contribution in [0.1, 0.15) is 19.4 Å². The average Bonchev–Trinajstić information content (AvgIpc) is 2.71. The molecule has 3 rings (SSSR count). The van der Waals surface area contributed by atoms with Crippen LogP contribution in [-0.4, -0.2) is 42.4 Å². The third-order valence-electron chi connectivity index (χ3n) is 4.13. The van der Waals surface area contributed by atoms with E-state index in [9.17, 15) is 15.0 Å². The van der Waals surface area contributed by atoms with Gasteiger partial charge >= 0.3 is 0 Å². The molecule has 0 aromatic carbocycles. The number of rotatable bonds is 3. The number of aromatic nitrogens is 4. The second kappa shape index (κ2) is 4.57. The van der Waals surface area contributed by atoms with Crippen LogP contribution in [0.25, 0.3) is 11.2 Å². The molecule has 0 amide bonds.